The molecule has 0 spiro atoms. The van der Waals surface area contributed by atoms with E-state index in [1.165, 1.54) is 0 Å². The maximum Gasteiger partial charge on any atom is 0.501 e. The molecular weight excluding hydrogens is 811 g/mol. The van der Waals surface area contributed by atoms with Gasteiger partial charge in [-0.05, 0) is 115 Å². The number of benzene rings is 4. The minimum absolute atomic E-state index is 0.0658. The molecule has 57 heavy (non-hydrogen) atoms. The van der Waals surface area contributed by atoms with Crippen LogP contribution in [0.2, 0.25) is 5.02 Å². The van der Waals surface area contributed by atoms with E-state index in [9.17, 15) is 26.4 Å². The van der Waals surface area contributed by atoms with Crippen molar-refractivity contribution in [3.8, 4) is 22.4 Å². The average molecular weight is 850 g/mol. The van der Waals surface area contributed by atoms with Gasteiger partial charge in [-0.2, -0.15) is 13.2 Å². The van der Waals surface area contributed by atoms with Crippen LogP contribution >= 0.6 is 35.5 Å². The molecule has 5 aromatic rings. The lowest BCUT2D eigenvalue weighted by molar-refractivity contribution is -0.0428. The Labute approximate surface area is 344 Å². The number of nitrogens with one attached hydrogen (secondary N) is 2. The molecule has 1 aliphatic heterocycles. The van der Waals surface area contributed by atoms with E-state index >= 15 is 0 Å². The van der Waals surface area contributed by atoms with Crippen molar-refractivity contribution < 1.29 is 26.4 Å². The summed E-state index contributed by atoms with van der Waals surface area (Å²) in [6, 6.07) is 31.6. The highest BCUT2D eigenvalue weighted by atomic mass is 35.5. The second kappa shape index (κ2) is 17.1. The summed E-state index contributed by atoms with van der Waals surface area (Å²) < 4.78 is 74.4. The maximum absolute atomic E-state index is 13.7. The van der Waals surface area contributed by atoms with E-state index in [0.29, 0.717) is 15.5 Å². The average Bonchev–Trinajstić information content (AvgIpc) is 3.48. The number of carbonyl (C=O) groups excluding carboxylic acids is 1. The Kier molecular flexibility index (Phi) is 12.2. The molecule has 15 heteroatoms. The number of sulfone groups is 1. The van der Waals surface area contributed by atoms with Gasteiger partial charge < -0.3 is 19.1 Å². The molecule has 4 aromatic carbocycles. The third kappa shape index (κ3) is 8.80. The number of aldehydes is 1. The molecule has 0 radical (unpaired) electrons. The standard InChI is InChI=1S/C42H39ClF3N5O3S3/c1-28-37(27-52)40(41(49(28)2)29-11-13-31(43)14-12-29)30-7-6-8-34(25-30)51-23-21-50(22-24-51)33-17-15-32(16-18-33)47-56-36-19-20-38(48-55-35-9-4-3-5-10-35)39(26-36)57(53,54)42(44,45)46/h3-19,25-27,38,47-48H,20-24H2,1-2H3. The van der Waals surface area contributed by atoms with Crippen LogP contribution in [0.1, 0.15) is 22.5 Å². The SMILES string of the molecule is Cc1c(C=O)c(-c2cccc(N3CCN(c4ccc(NSC5=CCC(NSc6ccccc6)C(S(=O)(=O)C(F)(F)F)=C5)cc4)CC3)c2)c(-c2ccc(Cl)cc2)n1C. The van der Waals surface area contributed by atoms with E-state index in [1.54, 1.807) is 30.3 Å². The fourth-order valence-corrected chi connectivity index (χ4v) is 9.89. The number of rotatable bonds is 12. The summed E-state index contributed by atoms with van der Waals surface area (Å²) in [5, 5.41) is 0.645. The number of aromatic nitrogens is 1. The van der Waals surface area contributed by atoms with Crippen LogP contribution in [0.4, 0.5) is 30.2 Å². The van der Waals surface area contributed by atoms with Crippen LogP contribution in [0.3, 0.4) is 0 Å². The van der Waals surface area contributed by atoms with Crippen molar-refractivity contribution >= 4 is 68.7 Å². The smallest absolute Gasteiger partial charge is 0.368 e. The number of alkyl halides is 3. The van der Waals surface area contributed by atoms with E-state index in [0.717, 1.165) is 112 Å². The first-order valence-electron chi connectivity index (χ1n) is 18.1. The number of carbonyl (C=O) groups is 1. The Morgan fingerprint density at radius 2 is 1.49 bits per heavy atom. The van der Waals surface area contributed by atoms with E-state index in [1.807, 2.05) is 80.7 Å². The van der Waals surface area contributed by atoms with E-state index in [-0.39, 0.29) is 6.42 Å². The van der Waals surface area contributed by atoms with E-state index in [2.05, 4.69) is 35.9 Å². The maximum atomic E-state index is 13.7. The molecule has 296 valence electrons. The van der Waals surface area contributed by atoms with E-state index in [4.69, 9.17) is 11.6 Å². The van der Waals surface area contributed by atoms with Crippen molar-refractivity contribution in [1.29, 1.82) is 0 Å². The van der Waals surface area contributed by atoms with Gasteiger partial charge >= 0.3 is 5.51 Å². The quantitative estimate of drug-likeness (QED) is 0.0941. The lowest BCUT2D eigenvalue weighted by Gasteiger charge is -2.37. The molecule has 1 fully saturated rings. The molecular formula is C42H39ClF3N5O3S3. The lowest BCUT2D eigenvalue weighted by atomic mass is 9.97. The summed E-state index contributed by atoms with van der Waals surface area (Å²) in [6.07, 6.45) is 3.81. The summed E-state index contributed by atoms with van der Waals surface area (Å²) in [4.78, 5) is 17.4. The first-order valence-corrected chi connectivity index (χ1v) is 21.6. The largest absolute Gasteiger partial charge is 0.501 e. The van der Waals surface area contributed by atoms with Gasteiger partial charge in [-0.15, -0.1) is 0 Å². The molecule has 1 atom stereocenters. The number of nitrogens with zero attached hydrogens (tertiary/aromatic N) is 3. The van der Waals surface area contributed by atoms with Gasteiger partial charge in [-0.1, -0.05) is 60.1 Å². The normalized spacial score (nSPS) is 16.3. The summed E-state index contributed by atoms with van der Waals surface area (Å²) in [7, 11) is -3.59. The molecule has 0 saturated carbocycles. The summed E-state index contributed by atoms with van der Waals surface area (Å²) in [6.45, 7) is 5.06. The molecule has 1 saturated heterocycles. The highest BCUT2D eigenvalue weighted by Gasteiger charge is 2.50. The van der Waals surface area contributed by atoms with Crippen LogP contribution in [0.5, 0.6) is 0 Å². The summed E-state index contributed by atoms with van der Waals surface area (Å²) in [5.74, 6) is 0. The molecule has 2 N–H and O–H groups in total. The highest BCUT2D eigenvalue weighted by Crippen LogP contribution is 2.41. The van der Waals surface area contributed by atoms with Gasteiger partial charge in [-0.3, -0.25) is 9.52 Å². The number of halogens is 4. The van der Waals surface area contributed by atoms with Gasteiger partial charge in [0.25, 0.3) is 9.84 Å². The first kappa shape index (κ1) is 40.6. The van der Waals surface area contributed by atoms with Crippen LogP contribution in [-0.2, 0) is 16.9 Å². The minimum Gasteiger partial charge on any atom is -0.368 e. The van der Waals surface area contributed by atoms with Crippen molar-refractivity contribution in [3.63, 3.8) is 0 Å². The fourth-order valence-electron chi connectivity index (χ4n) is 7.00. The Morgan fingerprint density at radius 3 is 2.14 bits per heavy atom. The topological polar surface area (TPSA) is 86.7 Å². The number of allylic oxidation sites excluding steroid dienone is 1. The van der Waals surface area contributed by atoms with E-state index < -0.39 is 26.3 Å². The second-order valence-corrected chi connectivity index (χ2v) is 17.8. The zero-order valence-corrected chi connectivity index (χ0v) is 34.2. The number of anilines is 3. The third-order valence-electron chi connectivity index (χ3n) is 10.1. The Morgan fingerprint density at radius 1 is 0.825 bits per heavy atom. The van der Waals surface area contributed by atoms with Crippen molar-refractivity contribution in [1.82, 2.24) is 9.29 Å². The van der Waals surface area contributed by atoms with Gasteiger partial charge in [-0.25, -0.2) is 8.42 Å². The van der Waals surface area contributed by atoms with Crippen molar-refractivity contribution in [3.05, 3.63) is 141 Å². The second-order valence-electron chi connectivity index (χ2n) is 13.6. The van der Waals surface area contributed by atoms with Gasteiger partial charge in [0, 0.05) is 81.9 Å². The molecule has 2 aliphatic rings. The Balaban J connectivity index is 0.989. The predicted molar refractivity (Wildman–Crippen MR) is 228 cm³/mol. The fraction of sp³-hybridized carbons (Fsp3) is 0.214. The van der Waals surface area contributed by atoms with Crippen LogP contribution in [0, 0.1) is 6.92 Å². The molecule has 0 bridgehead atoms. The first-order chi connectivity index (χ1) is 27.3. The van der Waals surface area contributed by atoms with Crippen molar-refractivity contribution in [2.45, 2.75) is 29.8 Å². The van der Waals surface area contributed by atoms with Crippen molar-refractivity contribution in [2.24, 2.45) is 7.05 Å². The van der Waals surface area contributed by atoms with Crippen LogP contribution in [0.15, 0.2) is 130 Å². The number of hydrogen-bond acceptors (Lipinski definition) is 9. The zero-order chi connectivity index (χ0) is 40.3. The Bertz CT molecular complexity index is 2410. The van der Waals surface area contributed by atoms with Crippen molar-refractivity contribution in [2.75, 3.05) is 40.7 Å². The lowest BCUT2D eigenvalue weighted by Crippen LogP contribution is -2.46. The monoisotopic (exact) mass is 849 g/mol. The molecule has 7 rings (SSSR count). The molecule has 8 nitrogen and oxygen atoms in total. The van der Waals surface area contributed by atoms with Gasteiger partial charge in [0.05, 0.1) is 16.6 Å². The van der Waals surface area contributed by atoms with Gasteiger partial charge in [0.1, 0.15) is 0 Å². The third-order valence-corrected chi connectivity index (χ3v) is 13.8. The van der Waals surface area contributed by atoms with Gasteiger partial charge in [0.2, 0.25) is 0 Å². The predicted octanol–water partition coefficient (Wildman–Crippen LogP) is 10.3. The van der Waals surface area contributed by atoms with Gasteiger partial charge in [0.15, 0.2) is 6.29 Å². The molecule has 1 unspecified atom stereocenters. The summed E-state index contributed by atoms with van der Waals surface area (Å²) >= 11 is 8.34. The summed E-state index contributed by atoms with van der Waals surface area (Å²) in [5.41, 5.74) is 2.72. The van der Waals surface area contributed by atoms with Crippen LogP contribution < -0.4 is 19.2 Å². The number of hydrogen-bond donors (Lipinski definition) is 2. The minimum atomic E-state index is -5.56. The van der Waals surface area contributed by atoms with Crippen LogP contribution in [-0.4, -0.2) is 57.0 Å². The number of piperazine rings is 1. The Hall–Kier alpha value is -4.60. The highest BCUT2D eigenvalue weighted by molar-refractivity contribution is 8.04. The molecule has 1 aromatic heterocycles. The molecule has 1 aliphatic carbocycles. The van der Waals surface area contributed by atoms with Crippen LogP contribution in [0.25, 0.3) is 22.4 Å². The molecule has 2 heterocycles. The zero-order valence-electron chi connectivity index (χ0n) is 31.0. The molecule has 0 amide bonds.